The summed E-state index contributed by atoms with van der Waals surface area (Å²) in [6.07, 6.45) is 0.916. The molecule has 2 aromatic rings. The van der Waals surface area contributed by atoms with Gasteiger partial charge in [0, 0.05) is 11.8 Å². The van der Waals surface area contributed by atoms with Gasteiger partial charge in [0.05, 0.1) is 28.8 Å². The first-order valence-corrected chi connectivity index (χ1v) is 6.69. The van der Waals surface area contributed by atoms with Crippen LogP contribution in [0.15, 0.2) is 24.3 Å². The minimum Gasteiger partial charge on any atom is -0.299 e. The largest absolute Gasteiger partial charge is 0.299 e. The molecule has 0 spiro atoms. The van der Waals surface area contributed by atoms with Crippen molar-refractivity contribution in [3.05, 3.63) is 35.7 Å². The molecule has 0 aliphatic rings. The summed E-state index contributed by atoms with van der Waals surface area (Å²) in [7, 11) is 0. The Morgan fingerprint density at radius 1 is 1.11 bits per heavy atom. The van der Waals surface area contributed by atoms with E-state index in [9.17, 15) is 4.79 Å². The van der Waals surface area contributed by atoms with Crippen molar-refractivity contribution < 1.29 is 4.79 Å². The normalized spacial score (nSPS) is 11.8. The second-order valence-corrected chi connectivity index (χ2v) is 5.83. The maximum absolute atomic E-state index is 11.7. The fourth-order valence-corrected chi connectivity index (χ4v) is 2.07. The summed E-state index contributed by atoms with van der Waals surface area (Å²) < 4.78 is 0. The van der Waals surface area contributed by atoms with Gasteiger partial charge in [-0.2, -0.15) is 0 Å². The average molecular weight is 256 g/mol. The summed E-state index contributed by atoms with van der Waals surface area (Å²) in [6.45, 7) is 8.19. The summed E-state index contributed by atoms with van der Waals surface area (Å²) in [4.78, 5) is 21.1. The van der Waals surface area contributed by atoms with E-state index in [0.29, 0.717) is 12.8 Å². The van der Waals surface area contributed by atoms with E-state index >= 15 is 0 Å². The number of rotatable bonds is 3. The van der Waals surface area contributed by atoms with Crippen LogP contribution in [0.2, 0.25) is 0 Å². The standard InChI is InChI=1S/C16H20N2O/c1-5-11(19)10-14-15(16(2,3)4)18-13-9-7-6-8-12(13)17-14/h6-9H,5,10H2,1-4H3. The predicted octanol–water partition coefficient (Wildman–Crippen LogP) is 3.45. The van der Waals surface area contributed by atoms with Crippen molar-refractivity contribution in [1.29, 1.82) is 0 Å². The van der Waals surface area contributed by atoms with Gasteiger partial charge in [0.2, 0.25) is 0 Å². The predicted molar refractivity (Wildman–Crippen MR) is 77.2 cm³/mol. The lowest BCUT2D eigenvalue weighted by Crippen LogP contribution is -2.20. The topological polar surface area (TPSA) is 42.9 Å². The highest BCUT2D eigenvalue weighted by molar-refractivity contribution is 5.81. The molecule has 0 aliphatic heterocycles. The number of para-hydroxylation sites is 2. The Morgan fingerprint density at radius 3 is 2.21 bits per heavy atom. The van der Waals surface area contributed by atoms with Crippen molar-refractivity contribution in [3.63, 3.8) is 0 Å². The molecule has 1 aromatic heterocycles. The van der Waals surface area contributed by atoms with Gasteiger partial charge in [0.25, 0.3) is 0 Å². The highest BCUT2D eigenvalue weighted by atomic mass is 16.1. The second kappa shape index (κ2) is 5.08. The number of carbonyl (C=O) groups excluding carboxylic acids is 1. The van der Waals surface area contributed by atoms with Gasteiger partial charge in [-0.25, -0.2) is 9.97 Å². The van der Waals surface area contributed by atoms with Crippen molar-refractivity contribution in [1.82, 2.24) is 9.97 Å². The Morgan fingerprint density at radius 2 is 1.68 bits per heavy atom. The van der Waals surface area contributed by atoms with E-state index in [1.165, 1.54) is 0 Å². The van der Waals surface area contributed by atoms with Gasteiger partial charge in [-0.15, -0.1) is 0 Å². The molecule has 0 aliphatic carbocycles. The molecule has 0 amide bonds. The monoisotopic (exact) mass is 256 g/mol. The van der Waals surface area contributed by atoms with E-state index in [4.69, 9.17) is 4.98 Å². The van der Waals surface area contributed by atoms with E-state index in [0.717, 1.165) is 22.4 Å². The molecule has 19 heavy (non-hydrogen) atoms. The van der Waals surface area contributed by atoms with Crippen molar-refractivity contribution in [2.75, 3.05) is 0 Å². The average Bonchev–Trinajstić information content (AvgIpc) is 2.36. The number of ketones is 1. The molecule has 0 unspecified atom stereocenters. The molecule has 0 saturated heterocycles. The SMILES string of the molecule is CCC(=O)Cc1nc2ccccc2nc1C(C)(C)C. The van der Waals surface area contributed by atoms with Gasteiger partial charge in [-0.3, -0.25) is 4.79 Å². The Bertz CT molecular complexity index is 612. The molecule has 100 valence electrons. The molecule has 0 N–H and O–H groups in total. The number of hydrogen-bond acceptors (Lipinski definition) is 3. The first-order chi connectivity index (χ1) is 8.91. The van der Waals surface area contributed by atoms with Gasteiger partial charge in [0.1, 0.15) is 5.78 Å². The number of fused-ring (bicyclic) bond motifs is 1. The zero-order valence-electron chi connectivity index (χ0n) is 12.0. The van der Waals surface area contributed by atoms with E-state index in [2.05, 4.69) is 25.8 Å². The van der Waals surface area contributed by atoms with Crippen LogP contribution < -0.4 is 0 Å². The smallest absolute Gasteiger partial charge is 0.138 e. The Hall–Kier alpha value is -1.77. The summed E-state index contributed by atoms with van der Waals surface area (Å²) in [6, 6.07) is 7.80. The van der Waals surface area contributed by atoms with Crippen LogP contribution in [0.5, 0.6) is 0 Å². The zero-order chi connectivity index (χ0) is 14.0. The van der Waals surface area contributed by atoms with E-state index in [1.807, 2.05) is 31.2 Å². The van der Waals surface area contributed by atoms with Gasteiger partial charge < -0.3 is 0 Å². The van der Waals surface area contributed by atoms with Gasteiger partial charge in [0.15, 0.2) is 0 Å². The second-order valence-electron chi connectivity index (χ2n) is 5.83. The highest BCUT2D eigenvalue weighted by Gasteiger charge is 2.22. The number of carbonyl (C=O) groups is 1. The molecule has 2 rings (SSSR count). The zero-order valence-corrected chi connectivity index (χ0v) is 12.0. The molecule has 1 heterocycles. The first kappa shape index (κ1) is 13.7. The number of nitrogens with zero attached hydrogens (tertiary/aromatic N) is 2. The molecule has 0 saturated carbocycles. The lowest BCUT2D eigenvalue weighted by molar-refractivity contribution is -0.118. The van der Waals surface area contributed by atoms with E-state index in [-0.39, 0.29) is 11.2 Å². The first-order valence-electron chi connectivity index (χ1n) is 6.69. The summed E-state index contributed by atoms with van der Waals surface area (Å²) >= 11 is 0. The van der Waals surface area contributed by atoms with Crippen molar-refractivity contribution in [2.24, 2.45) is 0 Å². The van der Waals surface area contributed by atoms with Crippen molar-refractivity contribution in [2.45, 2.75) is 46.0 Å². The number of benzene rings is 1. The van der Waals surface area contributed by atoms with Gasteiger partial charge in [-0.05, 0) is 12.1 Å². The lowest BCUT2D eigenvalue weighted by atomic mass is 9.88. The third-order valence-corrected chi connectivity index (χ3v) is 3.11. The number of hydrogen-bond donors (Lipinski definition) is 0. The molecule has 0 atom stereocenters. The van der Waals surface area contributed by atoms with Crippen LogP contribution in [0.4, 0.5) is 0 Å². The van der Waals surface area contributed by atoms with Crippen LogP contribution in [0.1, 0.15) is 45.5 Å². The highest BCUT2D eigenvalue weighted by Crippen LogP contribution is 2.25. The molecule has 3 heteroatoms. The molecular weight excluding hydrogens is 236 g/mol. The molecular formula is C16H20N2O. The Labute approximate surface area is 114 Å². The van der Waals surface area contributed by atoms with Crippen LogP contribution in [0.25, 0.3) is 11.0 Å². The van der Waals surface area contributed by atoms with Crippen LogP contribution in [0, 0.1) is 0 Å². The van der Waals surface area contributed by atoms with E-state index < -0.39 is 0 Å². The Balaban J connectivity index is 2.60. The molecule has 0 fully saturated rings. The quantitative estimate of drug-likeness (QED) is 0.844. The van der Waals surface area contributed by atoms with Gasteiger partial charge >= 0.3 is 0 Å². The van der Waals surface area contributed by atoms with Gasteiger partial charge in [-0.1, -0.05) is 39.8 Å². The fraction of sp³-hybridized carbons (Fsp3) is 0.438. The Kier molecular flexibility index (Phi) is 3.65. The third-order valence-electron chi connectivity index (χ3n) is 3.11. The van der Waals surface area contributed by atoms with Crippen molar-refractivity contribution in [3.8, 4) is 0 Å². The molecule has 1 aromatic carbocycles. The summed E-state index contributed by atoms with van der Waals surface area (Å²) in [5.41, 5.74) is 3.38. The van der Waals surface area contributed by atoms with Crippen LogP contribution >= 0.6 is 0 Å². The van der Waals surface area contributed by atoms with E-state index in [1.54, 1.807) is 0 Å². The summed E-state index contributed by atoms with van der Waals surface area (Å²) in [5, 5.41) is 0. The number of aromatic nitrogens is 2. The number of Topliss-reactive ketones (excluding diaryl/α,β-unsaturated/α-hetero) is 1. The minimum absolute atomic E-state index is 0.111. The molecule has 0 radical (unpaired) electrons. The lowest BCUT2D eigenvalue weighted by Gasteiger charge is -2.21. The molecule has 3 nitrogen and oxygen atoms in total. The van der Waals surface area contributed by atoms with Crippen LogP contribution in [-0.4, -0.2) is 15.8 Å². The molecule has 0 bridgehead atoms. The minimum atomic E-state index is -0.111. The maximum Gasteiger partial charge on any atom is 0.138 e. The maximum atomic E-state index is 11.7. The van der Waals surface area contributed by atoms with Crippen LogP contribution in [-0.2, 0) is 16.6 Å². The van der Waals surface area contributed by atoms with Crippen molar-refractivity contribution >= 4 is 16.8 Å². The third kappa shape index (κ3) is 2.98. The van der Waals surface area contributed by atoms with Crippen LogP contribution in [0.3, 0.4) is 0 Å². The summed E-state index contributed by atoms with van der Waals surface area (Å²) in [5.74, 6) is 0.204. The fourth-order valence-electron chi connectivity index (χ4n) is 2.07.